The molecule has 0 saturated carbocycles. The molecular weight excluding hydrogens is 252 g/mol. The van der Waals surface area contributed by atoms with Gasteiger partial charge in [-0.3, -0.25) is 14.8 Å². The Morgan fingerprint density at radius 1 is 1.20 bits per heavy atom. The summed E-state index contributed by atoms with van der Waals surface area (Å²) in [6.45, 7) is 3.56. The molecule has 0 aliphatic heterocycles. The molecule has 104 valence electrons. The van der Waals surface area contributed by atoms with E-state index in [-0.39, 0.29) is 5.91 Å². The Kier molecular flexibility index (Phi) is 4.79. The van der Waals surface area contributed by atoms with E-state index in [0.29, 0.717) is 25.3 Å². The van der Waals surface area contributed by atoms with Crippen LogP contribution in [-0.4, -0.2) is 27.3 Å². The highest BCUT2D eigenvalue weighted by Gasteiger charge is 2.15. The molecule has 2 rings (SSSR count). The van der Waals surface area contributed by atoms with Gasteiger partial charge in [0.1, 0.15) is 5.69 Å². The van der Waals surface area contributed by atoms with Crippen LogP contribution in [-0.2, 0) is 13.1 Å². The highest BCUT2D eigenvalue weighted by molar-refractivity contribution is 5.92. The van der Waals surface area contributed by atoms with E-state index in [0.717, 1.165) is 11.1 Å². The average molecular weight is 270 g/mol. The summed E-state index contributed by atoms with van der Waals surface area (Å²) < 4.78 is 0. The predicted molar refractivity (Wildman–Crippen MR) is 76.8 cm³/mol. The third-order valence-corrected chi connectivity index (χ3v) is 3.07. The van der Waals surface area contributed by atoms with Crippen LogP contribution >= 0.6 is 0 Å². The molecule has 0 aromatic carbocycles. The Balaban J connectivity index is 2.12. The lowest BCUT2D eigenvalue weighted by molar-refractivity contribution is 0.0746. The van der Waals surface area contributed by atoms with Crippen LogP contribution in [0.2, 0.25) is 0 Å². The standard InChI is InChI=1S/C15H18N4O/c1-2-19(11-12-5-7-17-8-6-12)15(20)14-4-3-13(9-16)10-18-14/h3-8,10H,2,9,11,16H2,1H3. The average Bonchev–Trinajstić information content (AvgIpc) is 2.53. The second kappa shape index (κ2) is 6.77. The molecule has 0 spiro atoms. The van der Waals surface area contributed by atoms with Crippen molar-refractivity contribution in [3.63, 3.8) is 0 Å². The molecule has 0 atom stereocenters. The quantitative estimate of drug-likeness (QED) is 0.895. The van der Waals surface area contributed by atoms with Crippen LogP contribution in [0.1, 0.15) is 28.5 Å². The van der Waals surface area contributed by atoms with Gasteiger partial charge in [0.25, 0.3) is 5.91 Å². The molecule has 0 aliphatic rings. The van der Waals surface area contributed by atoms with E-state index in [2.05, 4.69) is 9.97 Å². The van der Waals surface area contributed by atoms with Crippen molar-refractivity contribution in [1.29, 1.82) is 0 Å². The number of nitrogens with zero attached hydrogens (tertiary/aromatic N) is 3. The number of carbonyl (C=O) groups is 1. The summed E-state index contributed by atoms with van der Waals surface area (Å²) >= 11 is 0. The number of nitrogens with two attached hydrogens (primary N) is 1. The Labute approximate surface area is 118 Å². The van der Waals surface area contributed by atoms with E-state index in [9.17, 15) is 4.79 Å². The highest BCUT2D eigenvalue weighted by Crippen LogP contribution is 2.08. The normalized spacial score (nSPS) is 10.3. The van der Waals surface area contributed by atoms with Crippen LogP contribution in [0.5, 0.6) is 0 Å². The minimum absolute atomic E-state index is 0.0760. The summed E-state index contributed by atoms with van der Waals surface area (Å²) in [4.78, 5) is 22.3. The zero-order valence-electron chi connectivity index (χ0n) is 11.5. The summed E-state index contributed by atoms with van der Waals surface area (Å²) in [5, 5.41) is 0. The fraction of sp³-hybridized carbons (Fsp3) is 0.267. The first-order valence-electron chi connectivity index (χ1n) is 6.57. The lowest BCUT2D eigenvalue weighted by Gasteiger charge is -2.20. The second-order valence-electron chi connectivity index (χ2n) is 4.43. The van der Waals surface area contributed by atoms with Crippen LogP contribution < -0.4 is 5.73 Å². The van der Waals surface area contributed by atoms with Gasteiger partial charge in [-0.05, 0) is 36.2 Å². The van der Waals surface area contributed by atoms with Gasteiger partial charge in [0, 0.05) is 38.2 Å². The molecule has 0 unspecified atom stereocenters. The summed E-state index contributed by atoms with van der Waals surface area (Å²) in [5.74, 6) is -0.0760. The van der Waals surface area contributed by atoms with Crippen molar-refractivity contribution < 1.29 is 4.79 Å². The Hall–Kier alpha value is -2.27. The summed E-state index contributed by atoms with van der Waals surface area (Å²) in [6.07, 6.45) is 5.09. The van der Waals surface area contributed by atoms with Gasteiger partial charge in [-0.2, -0.15) is 0 Å². The number of aromatic nitrogens is 2. The summed E-state index contributed by atoms with van der Waals surface area (Å²) in [6, 6.07) is 7.36. The number of hydrogen-bond donors (Lipinski definition) is 1. The van der Waals surface area contributed by atoms with E-state index in [4.69, 9.17) is 5.73 Å². The lowest BCUT2D eigenvalue weighted by Crippen LogP contribution is -2.31. The zero-order valence-corrected chi connectivity index (χ0v) is 11.5. The van der Waals surface area contributed by atoms with Crippen molar-refractivity contribution in [3.8, 4) is 0 Å². The number of pyridine rings is 2. The number of rotatable bonds is 5. The zero-order chi connectivity index (χ0) is 14.4. The molecule has 2 heterocycles. The molecule has 20 heavy (non-hydrogen) atoms. The van der Waals surface area contributed by atoms with Crippen molar-refractivity contribution in [2.24, 2.45) is 5.73 Å². The summed E-state index contributed by atoms with van der Waals surface area (Å²) in [7, 11) is 0. The van der Waals surface area contributed by atoms with E-state index in [1.54, 1.807) is 29.6 Å². The Morgan fingerprint density at radius 2 is 1.95 bits per heavy atom. The molecule has 0 radical (unpaired) electrons. The number of carbonyl (C=O) groups excluding carboxylic acids is 1. The first-order chi connectivity index (χ1) is 9.74. The van der Waals surface area contributed by atoms with Gasteiger partial charge in [0.05, 0.1) is 0 Å². The minimum Gasteiger partial charge on any atom is -0.333 e. The first-order valence-corrected chi connectivity index (χ1v) is 6.57. The van der Waals surface area contributed by atoms with Gasteiger partial charge in [0.2, 0.25) is 0 Å². The number of hydrogen-bond acceptors (Lipinski definition) is 4. The maximum atomic E-state index is 12.4. The van der Waals surface area contributed by atoms with Gasteiger partial charge in [-0.25, -0.2) is 0 Å². The molecule has 5 heteroatoms. The third-order valence-electron chi connectivity index (χ3n) is 3.07. The van der Waals surface area contributed by atoms with Gasteiger partial charge in [-0.15, -0.1) is 0 Å². The molecule has 1 amide bonds. The first kappa shape index (κ1) is 14.1. The SMILES string of the molecule is CCN(Cc1ccncc1)C(=O)c1ccc(CN)cn1. The van der Waals surface area contributed by atoms with Gasteiger partial charge < -0.3 is 10.6 Å². The Morgan fingerprint density at radius 3 is 2.50 bits per heavy atom. The highest BCUT2D eigenvalue weighted by atomic mass is 16.2. The van der Waals surface area contributed by atoms with Crippen LogP contribution in [0.25, 0.3) is 0 Å². The second-order valence-corrected chi connectivity index (χ2v) is 4.43. The van der Waals surface area contributed by atoms with Crippen molar-refractivity contribution in [1.82, 2.24) is 14.9 Å². The lowest BCUT2D eigenvalue weighted by atomic mass is 10.2. The fourth-order valence-electron chi connectivity index (χ4n) is 1.87. The predicted octanol–water partition coefficient (Wildman–Crippen LogP) is 1.60. The fourth-order valence-corrected chi connectivity index (χ4v) is 1.87. The monoisotopic (exact) mass is 270 g/mol. The molecule has 2 N–H and O–H groups in total. The molecule has 0 aliphatic carbocycles. The van der Waals surface area contributed by atoms with Crippen molar-refractivity contribution >= 4 is 5.91 Å². The van der Waals surface area contributed by atoms with E-state index in [1.165, 1.54) is 0 Å². The van der Waals surface area contributed by atoms with Crippen LogP contribution in [0, 0.1) is 0 Å². The largest absolute Gasteiger partial charge is 0.333 e. The molecular formula is C15H18N4O. The number of amides is 1. The van der Waals surface area contributed by atoms with Crippen LogP contribution in [0.3, 0.4) is 0 Å². The summed E-state index contributed by atoms with van der Waals surface area (Å²) in [5.41, 5.74) is 7.93. The third kappa shape index (κ3) is 3.39. The molecule has 2 aromatic rings. The smallest absolute Gasteiger partial charge is 0.272 e. The molecule has 5 nitrogen and oxygen atoms in total. The van der Waals surface area contributed by atoms with E-state index >= 15 is 0 Å². The minimum atomic E-state index is -0.0760. The molecule has 2 aromatic heterocycles. The topological polar surface area (TPSA) is 72.1 Å². The van der Waals surface area contributed by atoms with Gasteiger partial charge in [-0.1, -0.05) is 6.07 Å². The van der Waals surface area contributed by atoms with Crippen molar-refractivity contribution in [2.45, 2.75) is 20.0 Å². The van der Waals surface area contributed by atoms with Crippen LogP contribution in [0.15, 0.2) is 42.9 Å². The maximum Gasteiger partial charge on any atom is 0.272 e. The van der Waals surface area contributed by atoms with E-state index in [1.807, 2.05) is 25.1 Å². The van der Waals surface area contributed by atoms with Crippen molar-refractivity contribution in [2.75, 3.05) is 6.54 Å². The van der Waals surface area contributed by atoms with Gasteiger partial charge in [0.15, 0.2) is 0 Å². The van der Waals surface area contributed by atoms with Crippen molar-refractivity contribution in [3.05, 3.63) is 59.7 Å². The van der Waals surface area contributed by atoms with Crippen LogP contribution in [0.4, 0.5) is 0 Å². The molecule has 0 fully saturated rings. The Bertz CT molecular complexity index is 554. The maximum absolute atomic E-state index is 12.4. The van der Waals surface area contributed by atoms with Gasteiger partial charge >= 0.3 is 0 Å². The van der Waals surface area contributed by atoms with E-state index < -0.39 is 0 Å². The molecule has 0 bridgehead atoms. The molecule has 0 saturated heterocycles.